The summed E-state index contributed by atoms with van der Waals surface area (Å²) < 4.78 is 5.46. The molecule has 4 nitrogen and oxygen atoms in total. The van der Waals surface area contributed by atoms with Crippen LogP contribution in [0.5, 0.6) is 0 Å². The van der Waals surface area contributed by atoms with E-state index in [1.807, 2.05) is 30.3 Å². The van der Waals surface area contributed by atoms with Gasteiger partial charge < -0.3 is 14.6 Å². The lowest BCUT2D eigenvalue weighted by atomic mass is 10.1. The molecule has 1 atom stereocenters. The van der Waals surface area contributed by atoms with Crippen molar-refractivity contribution in [2.45, 2.75) is 26.4 Å². The number of quaternary nitrogens is 1. The van der Waals surface area contributed by atoms with E-state index in [9.17, 15) is 4.79 Å². The van der Waals surface area contributed by atoms with Crippen molar-refractivity contribution in [2.75, 3.05) is 11.9 Å². The van der Waals surface area contributed by atoms with E-state index in [0.717, 1.165) is 29.3 Å². The van der Waals surface area contributed by atoms with Crippen LogP contribution in [0.15, 0.2) is 64.6 Å². The summed E-state index contributed by atoms with van der Waals surface area (Å²) in [6.07, 6.45) is 2.67. The van der Waals surface area contributed by atoms with Gasteiger partial charge in [-0.1, -0.05) is 25.1 Å². The Kier molecular flexibility index (Phi) is 6.04. The number of aryl methyl sites for hydroxylation is 1. The number of benzene rings is 1. The Labute approximate surface area is 152 Å². The van der Waals surface area contributed by atoms with Crippen LogP contribution in [-0.2, 0) is 24.3 Å². The minimum Gasteiger partial charge on any atom is -0.463 e. The Hall–Kier alpha value is -2.37. The monoisotopic (exact) mass is 355 g/mol. The van der Waals surface area contributed by atoms with Gasteiger partial charge in [0, 0.05) is 5.69 Å². The third kappa shape index (κ3) is 5.31. The summed E-state index contributed by atoms with van der Waals surface area (Å²) in [7, 11) is 0. The molecule has 0 aliphatic rings. The Balaban J connectivity index is 1.62. The summed E-state index contributed by atoms with van der Waals surface area (Å²) in [5, 5.41) is 5.06. The van der Waals surface area contributed by atoms with E-state index in [-0.39, 0.29) is 5.91 Å². The molecule has 0 aliphatic carbocycles. The third-order valence-corrected chi connectivity index (χ3v) is 4.94. The van der Waals surface area contributed by atoms with Crippen LogP contribution >= 0.6 is 11.3 Å². The van der Waals surface area contributed by atoms with E-state index in [1.54, 1.807) is 17.6 Å². The fraction of sp³-hybridized carbons (Fsp3) is 0.250. The summed E-state index contributed by atoms with van der Waals surface area (Å²) in [6.45, 7) is 4.01. The van der Waals surface area contributed by atoms with Crippen LogP contribution in [0.25, 0.3) is 0 Å². The molecule has 2 aromatic heterocycles. The van der Waals surface area contributed by atoms with Gasteiger partial charge in [-0.2, -0.15) is 0 Å². The quantitative estimate of drug-likeness (QED) is 0.652. The van der Waals surface area contributed by atoms with E-state index in [2.05, 4.69) is 35.8 Å². The summed E-state index contributed by atoms with van der Waals surface area (Å²) in [5.74, 6) is 0.911. The molecule has 0 saturated carbocycles. The van der Waals surface area contributed by atoms with Crippen molar-refractivity contribution >= 4 is 22.9 Å². The predicted molar refractivity (Wildman–Crippen MR) is 101 cm³/mol. The van der Waals surface area contributed by atoms with Crippen LogP contribution in [0.1, 0.15) is 23.1 Å². The van der Waals surface area contributed by atoms with Crippen molar-refractivity contribution in [3.63, 3.8) is 0 Å². The normalized spacial score (nSPS) is 12.0. The number of nitrogens with one attached hydrogen (secondary N) is 2. The summed E-state index contributed by atoms with van der Waals surface area (Å²) in [4.78, 5) is 14.9. The van der Waals surface area contributed by atoms with Crippen LogP contribution in [0.3, 0.4) is 0 Å². The van der Waals surface area contributed by atoms with Crippen molar-refractivity contribution < 1.29 is 14.1 Å². The van der Waals surface area contributed by atoms with Gasteiger partial charge in [0.15, 0.2) is 12.3 Å². The maximum absolute atomic E-state index is 12.5. The molecule has 0 fully saturated rings. The molecule has 3 rings (SSSR count). The molecule has 2 N–H and O–H groups in total. The standard InChI is InChI=1S/C20H22N2O2S/c1-2-16-7-9-17(10-8-16)21-20(23)15-22(13-18-5-3-11-24-18)14-19-6-4-12-25-19/h3-12H,2,13-15H2,1H3,(H,21,23)/p+1. The highest BCUT2D eigenvalue weighted by Gasteiger charge is 2.17. The van der Waals surface area contributed by atoms with Gasteiger partial charge in [0.25, 0.3) is 5.91 Å². The van der Waals surface area contributed by atoms with Gasteiger partial charge in [0.05, 0.1) is 11.1 Å². The number of carbonyl (C=O) groups excluding carboxylic acids is 1. The Morgan fingerprint density at radius 3 is 2.60 bits per heavy atom. The molecule has 0 aliphatic heterocycles. The van der Waals surface area contributed by atoms with Gasteiger partial charge in [-0.25, -0.2) is 0 Å². The largest absolute Gasteiger partial charge is 0.463 e. The first kappa shape index (κ1) is 17.5. The second-order valence-corrected chi connectivity index (χ2v) is 7.07. The Bertz CT molecular complexity index is 728. The smallest absolute Gasteiger partial charge is 0.279 e. The number of anilines is 1. The first-order valence-corrected chi connectivity index (χ1v) is 9.38. The lowest BCUT2D eigenvalue weighted by Gasteiger charge is -2.17. The third-order valence-electron chi connectivity index (χ3n) is 4.07. The summed E-state index contributed by atoms with van der Waals surface area (Å²) >= 11 is 1.72. The molecule has 0 radical (unpaired) electrons. The minimum absolute atomic E-state index is 0.0161. The molecule has 0 bridgehead atoms. The molecule has 25 heavy (non-hydrogen) atoms. The van der Waals surface area contributed by atoms with Crippen LogP contribution < -0.4 is 10.2 Å². The van der Waals surface area contributed by atoms with Gasteiger partial charge in [-0.3, -0.25) is 4.79 Å². The average Bonchev–Trinajstić information content (AvgIpc) is 3.29. The summed E-state index contributed by atoms with van der Waals surface area (Å²) in [6, 6.07) is 16.0. The van der Waals surface area contributed by atoms with Crippen LogP contribution in [0, 0.1) is 0 Å². The molecular weight excluding hydrogens is 332 g/mol. The molecular formula is C20H23N2O2S+. The van der Waals surface area contributed by atoms with Crippen molar-refractivity contribution in [2.24, 2.45) is 0 Å². The molecule has 5 heteroatoms. The van der Waals surface area contributed by atoms with Gasteiger partial charge in [0.1, 0.15) is 13.1 Å². The van der Waals surface area contributed by atoms with E-state index in [0.29, 0.717) is 13.1 Å². The number of hydrogen-bond acceptors (Lipinski definition) is 3. The number of thiophene rings is 1. The highest BCUT2D eigenvalue weighted by molar-refractivity contribution is 7.09. The zero-order valence-corrected chi connectivity index (χ0v) is 15.1. The fourth-order valence-electron chi connectivity index (χ4n) is 2.76. The maximum atomic E-state index is 12.5. The molecule has 0 saturated heterocycles. The van der Waals surface area contributed by atoms with E-state index in [4.69, 9.17) is 4.42 Å². The molecule has 130 valence electrons. The van der Waals surface area contributed by atoms with Crippen LogP contribution in [0.4, 0.5) is 5.69 Å². The highest BCUT2D eigenvalue weighted by Crippen LogP contribution is 2.10. The minimum atomic E-state index is 0.0161. The number of hydrogen-bond donors (Lipinski definition) is 2. The molecule has 1 amide bonds. The van der Waals surface area contributed by atoms with Crippen molar-refractivity contribution in [3.05, 3.63) is 76.4 Å². The van der Waals surface area contributed by atoms with Crippen molar-refractivity contribution in [1.82, 2.24) is 0 Å². The topological polar surface area (TPSA) is 46.7 Å². The van der Waals surface area contributed by atoms with E-state index in [1.165, 1.54) is 10.4 Å². The lowest BCUT2D eigenvalue weighted by Crippen LogP contribution is -3.10. The lowest BCUT2D eigenvalue weighted by molar-refractivity contribution is -0.920. The fourth-order valence-corrected chi connectivity index (χ4v) is 3.54. The molecule has 2 heterocycles. The van der Waals surface area contributed by atoms with Gasteiger partial charge >= 0.3 is 0 Å². The molecule has 0 spiro atoms. The second-order valence-electron chi connectivity index (χ2n) is 6.04. The maximum Gasteiger partial charge on any atom is 0.279 e. The average molecular weight is 355 g/mol. The highest BCUT2D eigenvalue weighted by atomic mass is 32.1. The Morgan fingerprint density at radius 1 is 1.12 bits per heavy atom. The number of amides is 1. The summed E-state index contributed by atoms with van der Waals surface area (Å²) in [5.41, 5.74) is 2.11. The van der Waals surface area contributed by atoms with E-state index < -0.39 is 0 Å². The number of furan rings is 1. The molecule has 1 aromatic carbocycles. The molecule has 1 unspecified atom stereocenters. The second kappa shape index (κ2) is 8.65. The van der Waals surface area contributed by atoms with Gasteiger partial charge in [-0.05, 0) is 47.7 Å². The Morgan fingerprint density at radius 2 is 1.96 bits per heavy atom. The first-order chi connectivity index (χ1) is 12.2. The SMILES string of the molecule is CCc1ccc(NC(=O)C[NH+](Cc2ccco2)Cc2cccs2)cc1. The van der Waals surface area contributed by atoms with Crippen LogP contribution in [0.2, 0.25) is 0 Å². The zero-order chi connectivity index (χ0) is 17.5. The zero-order valence-electron chi connectivity index (χ0n) is 14.3. The number of rotatable bonds is 8. The van der Waals surface area contributed by atoms with Gasteiger partial charge in [0.2, 0.25) is 0 Å². The van der Waals surface area contributed by atoms with Gasteiger partial charge in [-0.15, -0.1) is 11.3 Å². The van der Waals surface area contributed by atoms with Crippen LogP contribution in [-0.4, -0.2) is 12.5 Å². The molecule has 3 aromatic rings. The van der Waals surface area contributed by atoms with Crippen molar-refractivity contribution in [3.8, 4) is 0 Å². The van der Waals surface area contributed by atoms with E-state index >= 15 is 0 Å². The predicted octanol–water partition coefficient (Wildman–Crippen LogP) is 3.13. The first-order valence-electron chi connectivity index (χ1n) is 8.50. The van der Waals surface area contributed by atoms with Crippen molar-refractivity contribution in [1.29, 1.82) is 0 Å². The number of carbonyl (C=O) groups is 1.